The maximum absolute atomic E-state index is 13.8. The number of aromatic nitrogens is 1. The normalized spacial score (nSPS) is 27.7. The standard InChI is InChI=1S/C12H11FN2O2/c13-7-2-1-3-8-9(7)6(4-15-8)12(5-16)10(14)11(12)17/h1-4,10,15-16H,5,14H2. The highest BCUT2D eigenvalue weighted by atomic mass is 19.1. The van der Waals surface area contributed by atoms with Gasteiger partial charge in [0.05, 0.1) is 12.6 Å². The highest BCUT2D eigenvalue weighted by Gasteiger charge is 2.64. The number of carbonyl (C=O) groups is 1. The monoisotopic (exact) mass is 234 g/mol. The molecule has 0 bridgehead atoms. The maximum Gasteiger partial charge on any atom is 0.165 e. The third-order valence-corrected chi connectivity index (χ3v) is 3.55. The van der Waals surface area contributed by atoms with Crippen molar-refractivity contribution < 1.29 is 14.3 Å². The number of nitrogens with one attached hydrogen (secondary N) is 1. The van der Waals surface area contributed by atoms with Gasteiger partial charge in [0, 0.05) is 17.1 Å². The van der Waals surface area contributed by atoms with Gasteiger partial charge in [0.25, 0.3) is 0 Å². The summed E-state index contributed by atoms with van der Waals surface area (Å²) >= 11 is 0. The third kappa shape index (κ3) is 1.10. The minimum Gasteiger partial charge on any atom is -0.395 e. The average Bonchev–Trinajstić information content (AvgIpc) is 2.72. The Morgan fingerprint density at radius 3 is 2.82 bits per heavy atom. The van der Waals surface area contributed by atoms with Crippen LogP contribution in [-0.2, 0) is 10.2 Å². The molecule has 4 nitrogen and oxygen atoms in total. The quantitative estimate of drug-likeness (QED) is 0.705. The van der Waals surface area contributed by atoms with Crippen molar-refractivity contribution in [3.05, 3.63) is 35.8 Å². The molecule has 0 spiro atoms. The summed E-state index contributed by atoms with van der Waals surface area (Å²) in [6.07, 6.45) is 1.55. The molecule has 0 aliphatic heterocycles. The summed E-state index contributed by atoms with van der Waals surface area (Å²) in [5.41, 5.74) is 5.56. The fourth-order valence-corrected chi connectivity index (χ4v) is 2.42. The van der Waals surface area contributed by atoms with E-state index in [0.717, 1.165) is 0 Å². The molecule has 2 atom stereocenters. The van der Waals surface area contributed by atoms with Crippen molar-refractivity contribution in [2.45, 2.75) is 11.5 Å². The number of aliphatic hydroxyl groups is 1. The molecule has 2 unspecified atom stereocenters. The molecule has 0 saturated heterocycles. The van der Waals surface area contributed by atoms with Gasteiger partial charge in [-0.1, -0.05) is 6.07 Å². The smallest absolute Gasteiger partial charge is 0.165 e. The number of hydrogen-bond acceptors (Lipinski definition) is 3. The Balaban J connectivity index is 2.29. The van der Waals surface area contributed by atoms with E-state index in [1.54, 1.807) is 18.3 Å². The zero-order valence-electron chi connectivity index (χ0n) is 8.90. The molecule has 1 heterocycles. The molecule has 1 aliphatic rings. The van der Waals surface area contributed by atoms with E-state index in [9.17, 15) is 14.3 Å². The first-order valence-corrected chi connectivity index (χ1v) is 5.29. The van der Waals surface area contributed by atoms with Crippen molar-refractivity contribution in [3.63, 3.8) is 0 Å². The van der Waals surface area contributed by atoms with E-state index < -0.39 is 23.9 Å². The highest BCUT2D eigenvalue weighted by molar-refractivity contribution is 6.15. The lowest BCUT2D eigenvalue weighted by atomic mass is 9.95. The Hall–Kier alpha value is -1.72. The highest BCUT2D eigenvalue weighted by Crippen LogP contribution is 2.45. The van der Waals surface area contributed by atoms with Crippen LogP contribution in [0.25, 0.3) is 10.9 Å². The van der Waals surface area contributed by atoms with Crippen molar-refractivity contribution in [2.24, 2.45) is 5.73 Å². The number of benzene rings is 1. The molecule has 1 aromatic carbocycles. The number of aliphatic hydroxyl groups excluding tert-OH is 1. The number of hydrogen-bond donors (Lipinski definition) is 3. The molecule has 1 aliphatic carbocycles. The molecule has 5 heteroatoms. The summed E-state index contributed by atoms with van der Waals surface area (Å²) in [5, 5.41) is 9.72. The Bertz CT molecular complexity index is 622. The number of Topliss-reactive ketones (excluding diaryl/α,β-unsaturated/α-hetero) is 1. The summed E-state index contributed by atoms with van der Waals surface area (Å²) < 4.78 is 13.8. The second-order valence-electron chi connectivity index (χ2n) is 4.34. The number of H-pyrrole nitrogens is 1. The average molecular weight is 234 g/mol. The first-order chi connectivity index (χ1) is 8.13. The number of halogens is 1. The van der Waals surface area contributed by atoms with Crippen molar-refractivity contribution in [2.75, 3.05) is 6.61 Å². The van der Waals surface area contributed by atoms with Gasteiger partial charge in [-0.15, -0.1) is 0 Å². The molecule has 1 saturated carbocycles. The van der Waals surface area contributed by atoms with Gasteiger partial charge in [-0.3, -0.25) is 4.79 Å². The topological polar surface area (TPSA) is 79.1 Å². The van der Waals surface area contributed by atoms with E-state index >= 15 is 0 Å². The molecule has 3 rings (SSSR count). The lowest BCUT2D eigenvalue weighted by Gasteiger charge is -2.09. The SMILES string of the molecule is NC1C(=O)C1(CO)c1c[nH]c2cccc(F)c12. The van der Waals surface area contributed by atoms with Gasteiger partial charge in [-0.05, 0) is 17.7 Å². The van der Waals surface area contributed by atoms with Crippen molar-refractivity contribution in [3.8, 4) is 0 Å². The van der Waals surface area contributed by atoms with Crippen LogP contribution in [0.1, 0.15) is 5.56 Å². The van der Waals surface area contributed by atoms with E-state index in [1.165, 1.54) is 6.07 Å². The summed E-state index contributed by atoms with van der Waals surface area (Å²) in [6, 6.07) is 3.87. The Morgan fingerprint density at radius 2 is 2.24 bits per heavy atom. The summed E-state index contributed by atoms with van der Waals surface area (Å²) in [6.45, 7) is -0.395. The predicted molar refractivity (Wildman–Crippen MR) is 60.0 cm³/mol. The van der Waals surface area contributed by atoms with Crippen molar-refractivity contribution in [1.29, 1.82) is 0 Å². The summed E-state index contributed by atoms with van der Waals surface area (Å²) in [5.74, 6) is -0.664. The Kier molecular flexibility index (Phi) is 1.93. The predicted octanol–water partition coefficient (Wildman–Crippen LogP) is 0.447. The number of nitrogens with two attached hydrogens (primary N) is 1. The minimum absolute atomic E-state index is 0.246. The van der Waals surface area contributed by atoms with Gasteiger partial charge in [-0.25, -0.2) is 4.39 Å². The number of rotatable bonds is 2. The lowest BCUT2D eigenvalue weighted by Crippen LogP contribution is -2.22. The van der Waals surface area contributed by atoms with E-state index in [-0.39, 0.29) is 5.78 Å². The number of carbonyl (C=O) groups excluding carboxylic acids is 1. The second kappa shape index (κ2) is 3.15. The van der Waals surface area contributed by atoms with Gasteiger partial charge in [0.1, 0.15) is 11.2 Å². The third-order valence-electron chi connectivity index (χ3n) is 3.55. The van der Waals surface area contributed by atoms with Crippen molar-refractivity contribution in [1.82, 2.24) is 4.98 Å². The van der Waals surface area contributed by atoms with E-state index in [4.69, 9.17) is 5.73 Å². The number of aromatic amines is 1. The second-order valence-corrected chi connectivity index (χ2v) is 4.34. The zero-order valence-corrected chi connectivity index (χ0v) is 8.90. The fourth-order valence-electron chi connectivity index (χ4n) is 2.42. The lowest BCUT2D eigenvalue weighted by molar-refractivity contribution is -0.112. The van der Waals surface area contributed by atoms with Crippen LogP contribution in [-0.4, -0.2) is 28.5 Å². The van der Waals surface area contributed by atoms with Gasteiger partial charge in [-0.2, -0.15) is 0 Å². The summed E-state index contributed by atoms with van der Waals surface area (Å²) in [4.78, 5) is 14.5. The first kappa shape index (κ1) is 10.4. The Labute approximate surface area is 96.2 Å². The molecular formula is C12H11FN2O2. The zero-order chi connectivity index (χ0) is 12.2. The van der Waals surface area contributed by atoms with E-state index in [0.29, 0.717) is 16.5 Å². The molecular weight excluding hydrogens is 223 g/mol. The molecule has 0 amide bonds. The molecule has 2 aromatic rings. The largest absolute Gasteiger partial charge is 0.395 e. The van der Waals surface area contributed by atoms with Crippen LogP contribution in [0, 0.1) is 5.82 Å². The van der Waals surface area contributed by atoms with Crippen LogP contribution >= 0.6 is 0 Å². The van der Waals surface area contributed by atoms with Crippen LogP contribution in [0.15, 0.2) is 24.4 Å². The van der Waals surface area contributed by atoms with E-state index in [1.807, 2.05) is 0 Å². The van der Waals surface area contributed by atoms with Gasteiger partial charge >= 0.3 is 0 Å². The Morgan fingerprint density at radius 1 is 1.53 bits per heavy atom. The molecule has 4 N–H and O–H groups in total. The van der Waals surface area contributed by atoms with Crippen molar-refractivity contribution >= 4 is 16.7 Å². The molecule has 17 heavy (non-hydrogen) atoms. The molecule has 1 fully saturated rings. The van der Waals surface area contributed by atoms with Crippen LogP contribution in [0.3, 0.4) is 0 Å². The number of ketones is 1. The molecule has 1 aromatic heterocycles. The van der Waals surface area contributed by atoms with Gasteiger partial charge in [0.2, 0.25) is 0 Å². The maximum atomic E-state index is 13.8. The molecule has 0 radical (unpaired) electrons. The van der Waals surface area contributed by atoms with E-state index in [2.05, 4.69) is 4.98 Å². The van der Waals surface area contributed by atoms with Crippen LogP contribution in [0.5, 0.6) is 0 Å². The van der Waals surface area contributed by atoms with Gasteiger partial charge in [0.15, 0.2) is 5.78 Å². The fraction of sp³-hybridized carbons (Fsp3) is 0.250. The first-order valence-electron chi connectivity index (χ1n) is 5.29. The van der Waals surface area contributed by atoms with Crippen LogP contribution in [0.2, 0.25) is 0 Å². The summed E-state index contributed by atoms with van der Waals surface area (Å²) in [7, 11) is 0. The van der Waals surface area contributed by atoms with Gasteiger partial charge < -0.3 is 15.8 Å². The van der Waals surface area contributed by atoms with Crippen LogP contribution < -0.4 is 5.73 Å². The van der Waals surface area contributed by atoms with Crippen LogP contribution in [0.4, 0.5) is 4.39 Å². The molecule has 88 valence electrons. The number of fused-ring (bicyclic) bond motifs is 1. The minimum atomic E-state index is -1.12.